The Morgan fingerprint density at radius 1 is 1.08 bits per heavy atom. The number of methoxy groups -OCH3 is 1. The maximum Gasteiger partial charge on any atom is 0.233 e. The van der Waals surface area contributed by atoms with Crippen molar-refractivity contribution in [3.63, 3.8) is 0 Å². The molecule has 0 fully saturated rings. The van der Waals surface area contributed by atoms with E-state index in [-0.39, 0.29) is 11.2 Å². The molecule has 0 aliphatic rings. The fraction of sp³-hybridized carbons (Fsp3) is 0.316. The third kappa shape index (κ3) is 6.13. The largest absolute Gasteiger partial charge is 0.497 e. The highest BCUT2D eigenvalue weighted by atomic mass is 32.2. The van der Waals surface area contributed by atoms with Crippen molar-refractivity contribution in [1.82, 2.24) is 5.32 Å². The van der Waals surface area contributed by atoms with E-state index in [2.05, 4.69) is 36.5 Å². The van der Waals surface area contributed by atoms with Gasteiger partial charge in [0, 0.05) is 22.1 Å². The topological polar surface area (TPSA) is 38.3 Å². The molecule has 2 rings (SSSR count). The lowest BCUT2D eigenvalue weighted by atomic mass is 10.2. The molecule has 0 heterocycles. The molecule has 1 N–H and O–H groups in total. The third-order valence-electron chi connectivity index (χ3n) is 3.43. The van der Waals surface area contributed by atoms with Gasteiger partial charge >= 0.3 is 0 Å². The van der Waals surface area contributed by atoms with Crippen molar-refractivity contribution in [3.05, 3.63) is 54.1 Å². The zero-order chi connectivity index (χ0) is 17.4. The first-order valence-corrected chi connectivity index (χ1v) is 9.73. The van der Waals surface area contributed by atoms with Gasteiger partial charge in [-0.1, -0.05) is 17.7 Å². The van der Waals surface area contributed by atoms with E-state index in [4.69, 9.17) is 4.74 Å². The van der Waals surface area contributed by atoms with Gasteiger partial charge in [0.05, 0.1) is 12.4 Å². The molecule has 0 saturated carbocycles. The number of thioether (sulfide) groups is 2. The van der Waals surface area contributed by atoms with Gasteiger partial charge in [-0.15, -0.1) is 23.5 Å². The molecule has 2 aromatic carbocycles. The molecule has 2 aromatic rings. The van der Waals surface area contributed by atoms with E-state index in [1.165, 1.54) is 10.5 Å². The molecule has 0 unspecified atom stereocenters. The molecule has 1 atom stereocenters. The smallest absolute Gasteiger partial charge is 0.233 e. The van der Waals surface area contributed by atoms with Crippen molar-refractivity contribution in [2.24, 2.45) is 0 Å². The minimum Gasteiger partial charge on any atom is -0.497 e. The minimum atomic E-state index is -0.122. The standard InChI is InChI=1S/C19H23NO2S2/c1-14-4-8-17(9-5-14)23-13-12-20-19(21)15(2)24-18-10-6-16(22-3)7-11-18/h4-11,15H,12-13H2,1-3H3,(H,20,21)/t15-/m1/s1. The van der Waals surface area contributed by atoms with Crippen LogP contribution >= 0.6 is 23.5 Å². The Morgan fingerprint density at radius 2 is 1.71 bits per heavy atom. The van der Waals surface area contributed by atoms with E-state index in [0.717, 1.165) is 16.4 Å². The lowest BCUT2D eigenvalue weighted by molar-refractivity contribution is -0.120. The molecule has 5 heteroatoms. The Kier molecular flexibility index (Phi) is 7.53. The number of amides is 1. The maximum absolute atomic E-state index is 12.2. The molecule has 0 saturated heterocycles. The zero-order valence-corrected chi connectivity index (χ0v) is 15.9. The lowest BCUT2D eigenvalue weighted by Crippen LogP contribution is -2.32. The summed E-state index contributed by atoms with van der Waals surface area (Å²) in [6, 6.07) is 16.2. The number of carbonyl (C=O) groups is 1. The van der Waals surface area contributed by atoms with Gasteiger partial charge in [0.2, 0.25) is 5.91 Å². The molecule has 0 spiro atoms. The lowest BCUT2D eigenvalue weighted by Gasteiger charge is -2.12. The van der Waals surface area contributed by atoms with E-state index in [1.807, 2.05) is 31.2 Å². The minimum absolute atomic E-state index is 0.0697. The zero-order valence-electron chi connectivity index (χ0n) is 14.2. The van der Waals surface area contributed by atoms with Crippen LogP contribution in [0.15, 0.2) is 58.3 Å². The van der Waals surface area contributed by atoms with Crippen LogP contribution in [0, 0.1) is 6.92 Å². The molecule has 0 bridgehead atoms. The van der Waals surface area contributed by atoms with Crippen LogP contribution in [0.4, 0.5) is 0 Å². The van der Waals surface area contributed by atoms with Crippen molar-refractivity contribution in [1.29, 1.82) is 0 Å². The van der Waals surface area contributed by atoms with Crippen molar-refractivity contribution < 1.29 is 9.53 Å². The highest BCUT2D eigenvalue weighted by Crippen LogP contribution is 2.25. The second-order valence-corrected chi connectivity index (χ2v) is 7.97. The predicted octanol–water partition coefficient (Wildman–Crippen LogP) is 4.39. The average Bonchev–Trinajstić information content (AvgIpc) is 2.60. The van der Waals surface area contributed by atoms with Crippen LogP contribution in [0.2, 0.25) is 0 Å². The van der Waals surface area contributed by atoms with Crippen LogP contribution in [0.1, 0.15) is 12.5 Å². The fourth-order valence-corrected chi connectivity index (χ4v) is 3.69. The number of nitrogens with one attached hydrogen (secondary N) is 1. The molecule has 24 heavy (non-hydrogen) atoms. The SMILES string of the molecule is COc1ccc(S[C@H](C)C(=O)NCCSc2ccc(C)cc2)cc1. The Labute approximate surface area is 152 Å². The Hall–Kier alpha value is -1.59. The quantitative estimate of drug-likeness (QED) is 0.559. The Balaban J connectivity index is 1.70. The first-order chi connectivity index (χ1) is 11.6. The summed E-state index contributed by atoms with van der Waals surface area (Å²) >= 11 is 3.31. The highest BCUT2D eigenvalue weighted by Gasteiger charge is 2.13. The van der Waals surface area contributed by atoms with Crippen LogP contribution in [0.5, 0.6) is 5.75 Å². The van der Waals surface area contributed by atoms with Gasteiger partial charge in [-0.3, -0.25) is 4.79 Å². The third-order valence-corrected chi connectivity index (χ3v) is 5.56. The van der Waals surface area contributed by atoms with Crippen molar-refractivity contribution >= 4 is 29.4 Å². The number of aryl methyl sites for hydroxylation is 1. The number of benzene rings is 2. The molecule has 0 aromatic heterocycles. The van der Waals surface area contributed by atoms with Gasteiger partial charge in [-0.05, 0) is 50.2 Å². The van der Waals surface area contributed by atoms with Crippen LogP contribution in [0.25, 0.3) is 0 Å². The summed E-state index contributed by atoms with van der Waals surface area (Å²) in [6.07, 6.45) is 0. The number of ether oxygens (including phenoxy) is 1. The number of hydrogen-bond acceptors (Lipinski definition) is 4. The summed E-state index contributed by atoms with van der Waals surface area (Å²) in [5.41, 5.74) is 1.26. The van der Waals surface area contributed by atoms with Gasteiger partial charge < -0.3 is 10.1 Å². The fourth-order valence-electron chi connectivity index (χ4n) is 2.03. The summed E-state index contributed by atoms with van der Waals surface area (Å²) in [5.74, 6) is 1.76. The van der Waals surface area contributed by atoms with Crippen LogP contribution in [-0.4, -0.2) is 30.6 Å². The normalized spacial score (nSPS) is 11.8. The van der Waals surface area contributed by atoms with Crippen LogP contribution < -0.4 is 10.1 Å². The molecule has 128 valence electrons. The van der Waals surface area contributed by atoms with Crippen LogP contribution in [-0.2, 0) is 4.79 Å². The summed E-state index contributed by atoms with van der Waals surface area (Å²) in [4.78, 5) is 14.5. The van der Waals surface area contributed by atoms with Gasteiger partial charge in [0.25, 0.3) is 0 Å². The molecular weight excluding hydrogens is 338 g/mol. The maximum atomic E-state index is 12.2. The molecule has 1 amide bonds. The van der Waals surface area contributed by atoms with Crippen molar-refractivity contribution in [2.75, 3.05) is 19.4 Å². The van der Waals surface area contributed by atoms with Crippen molar-refractivity contribution in [2.45, 2.75) is 28.9 Å². The highest BCUT2D eigenvalue weighted by molar-refractivity contribution is 8.00. The monoisotopic (exact) mass is 361 g/mol. The van der Waals surface area contributed by atoms with Crippen LogP contribution in [0.3, 0.4) is 0 Å². The van der Waals surface area contributed by atoms with E-state index < -0.39 is 0 Å². The summed E-state index contributed by atoms with van der Waals surface area (Å²) in [7, 11) is 1.65. The Bertz CT molecular complexity index is 641. The van der Waals surface area contributed by atoms with Crippen molar-refractivity contribution in [3.8, 4) is 5.75 Å². The molecule has 3 nitrogen and oxygen atoms in total. The van der Waals surface area contributed by atoms with E-state index in [1.54, 1.807) is 30.6 Å². The number of hydrogen-bond donors (Lipinski definition) is 1. The summed E-state index contributed by atoms with van der Waals surface area (Å²) in [6.45, 7) is 4.68. The first kappa shape index (κ1) is 18.7. The molecular formula is C19H23NO2S2. The van der Waals surface area contributed by atoms with E-state index in [0.29, 0.717) is 6.54 Å². The second-order valence-electron chi connectivity index (χ2n) is 5.39. The summed E-state index contributed by atoms with van der Waals surface area (Å²) < 4.78 is 5.14. The Morgan fingerprint density at radius 3 is 2.33 bits per heavy atom. The van der Waals surface area contributed by atoms with E-state index in [9.17, 15) is 4.79 Å². The number of carbonyl (C=O) groups excluding carboxylic acids is 1. The summed E-state index contributed by atoms with van der Waals surface area (Å²) in [5, 5.41) is 2.88. The second kappa shape index (κ2) is 9.64. The van der Waals surface area contributed by atoms with Gasteiger partial charge in [-0.2, -0.15) is 0 Å². The molecule has 0 radical (unpaired) electrons. The van der Waals surface area contributed by atoms with Gasteiger partial charge in [0.15, 0.2) is 0 Å². The molecule has 0 aliphatic heterocycles. The van der Waals surface area contributed by atoms with Gasteiger partial charge in [-0.25, -0.2) is 0 Å². The first-order valence-electron chi connectivity index (χ1n) is 7.86. The van der Waals surface area contributed by atoms with E-state index >= 15 is 0 Å². The average molecular weight is 362 g/mol. The number of rotatable bonds is 8. The molecule has 0 aliphatic carbocycles. The predicted molar refractivity (Wildman–Crippen MR) is 103 cm³/mol. The van der Waals surface area contributed by atoms with Gasteiger partial charge in [0.1, 0.15) is 5.75 Å².